The Morgan fingerprint density at radius 2 is 2.08 bits per heavy atom. The molecule has 1 aromatic heterocycles. The number of aromatic nitrogens is 1. The van der Waals surface area contributed by atoms with E-state index >= 15 is 0 Å². The molecule has 1 heterocycles. The largest absolute Gasteiger partial charge is 0.357 e. The van der Waals surface area contributed by atoms with E-state index in [0.29, 0.717) is 16.6 Å². The number of guanidine groups is 1. The molecule has 0 aliphatic heterocycles. The van der Waals surface area contributed by atoms with Gasteiger partial charge in [0.1, 0.15) is 0 Å². The minimum Gasteiger partial charge on any atom is -0.357 e. The number of halogens is 2. The summed E-state index contributed by atoms with van der Waals surface area (Å²) in [6, 6.07) is 11.4. The van der Waals surface area contributed by atoms with Gasteiger partial charge in [0.2, 0.25) is 0 Å². The molecule has 0 saturated heterocycles. The van der Waals surface area contributed by atoms with Crippen molar-refractivity contribution in [3.63, 3.8) is 0 Å². The van der Waals surface area contributed by atoms with Crippen molar-refractivity contribution >= 4 is 29.2 Å². The van der Waals surface area contributed by atoms with Crippen LogP contribution in [0.3, 0.4) is 0 Å². The van der Waals surface area contributed by atoms with E-state index in [4.69, 9.17) is 23.2 Å². The molecule has 0 bridgehead atoms. The summed E-state index contributed by atoms with van der Waals surface area (Å²) < 4.78 is 0. The van der Waals surface area contributed by atoms with Crippen molar-refractivity contribution in [2.75, 3.05) is 13.1 Å². The lowest BCUT2D eigenvalue weighted by Gasteiger charge is -2.19. The van der Waals surface area contributed by atoms with Crippen molar-refractivity contribution in [1.82, 2.24) is 15.6 Å². The lowest BCUT2D eigenvalue weighted by molar-refractivity contribution is 0.686. The summed E-state index contributed by atoms with van der Waals surface area (Å²) in [6.07, 6.45) is 2.60. The molecule has 0 aliphatic carbocycles. The van der Waals surface area contributed by atoms with Crippen LogP contribution in [0.1, 0.15) is 31.1 Å². The molecule has 2 N–H and O–H groups in total. The molecule has 0 spiro atoms. The fourth-order valence-electron chi connectivity index (χ4n) is 2.28. The number of nitrogens with one attached hydrogen (secondary N) is 2. The van der Waals surface area contributed by atoms with Crippen LogP contribution in [0.4, 0.5) is 0 Å². The van der Waals surface area contributed by atoms with Gasteiger partial charge in [-0.2, -0.15) is 0 Å². The first-order valence-electron chi connectivity index (χ1n) is 8.00. The smallest absolute Gasteiger partial charge is 0.191 e. The molecule has 0 amide bonds. The molecular formula is C18H22Cl2N4. The second-order valence-corrected chi connectivity index (χ2v) is 6.21. The lowest BCUT2D eigenvalue weighted by atomic mass is 10.1. The summed E-state index contributed by atoms with van der Waals surface area (Å²) in [6.45, 7) is 5.53. The van der Waals surface area contributed by atoms with Crippen molar-refractivity contribution in [1.29, 1.82) is 0 Å². The van der Waals surface area contributed by atoms with Crippen LogP contribution in [0.15, 0.2) is 47.6 Å². The Kier molecular flexibility index (Phi) is 7.35. The number of nitrogens with zero attached hydrogens (tertiary/aromatic N) is 2. The molecular weight excluding hydrogens is 343 g/mol. The summed E-state index contributed by atoms with van der Waals surface area (Å²) in [5.74, 6) is 0.756. The zero-order valence-electron chi connectivity index (χ0n) is 13.9. The van der Waals surface area contributed by atoms with Gasteiger partial charge in [-0.15, -0.1) is 0 Å². The topological polar surface area (TPSA) is 49.3 Å². The zero-order valence-corrected chi connectivity index (χ0v) is 15.4. The van der Waals surface area contributed by atoms with Crippen LogP contribution in [-0.4, -0.2) is 24.0 Å². The second kappa shape index (κ2) is 9.50. The van der Waals surface area contributed by atoms with Crippen LogP contribution >= 0.6 is 23.2 Å². The molecule has 6 heteroatoms. The summed E-state index contributed by atoms with van der Waals surface area (Å²) in [7, 11) is 0. The van der Waals surface area contributed by atoms with Gasteiger partial charge < -0.3 is 10.6 Å². The van der Waals surface area contributed by atoms with Gasteiger partial charge in [0.05, 0.1) is 6.04 Å². The number of pyridine rings is 1. The number of rotatable bonds is 6. The second-order valence-electron chi connectivity index (χ2n) is 5.36. The highest BCUT2D eigenvalue weighted by Crippen LogP contribution is 2.25. The van der Waals surface area contributed by atoms with E-state index in [0.717, 1.165) is 30.2 Å². The predicted molar refractivity (Wildman–Crippen MR) is 102 cm³/mol. The van der Waals surface area contributed by atoms with Gasteiger partial charge in [0.15, 0.2) is 5.96 Å². The van der Waals surface area contributed by atoms with Crippen molar-refractivity contribution in [3.8, 4) is 0 Å². The maximum Gasteiger partial charge on any atom is 0.191 e. The number of hydrogen-bond acceptors (Lipinski definition) is 2. The Morgan fingerprint density at radius 3 is 2.75 bits per heavy atom. The first kappa shape index (κ1) is 18.6. The molecule has 2 aromatic rings. The van der Waals surface area contributed by atoms with Crippen LogP contribution in [0.25, 0.3) is 0 Å². The first-order chi connectivity index (χ1) is 11.6. The Morgan fingerprint density at radius 1 is 1.25 bits per heavy atom. The molecule has 1 aromatic carbocycles. The van der Waals surface area contributed by atoms with Crippen LogP contribution in [0, 0.1) is 0 Å². The quantitative estimate of drug-likeness (QED) is 0.594. The van der Waals surface area contributed by atoms with Gasteiger partial charge in [-0.05, 0) is 43.7 Å². The summed E-state index contributed by atoms with van der Waals surface area (Å²) in [4.78, 5) is 8.92. The minimum absolute atomic E-state index is 0.0161. The average molecular weight is 365 g/mol. The standard InChI is InChI=1S/C18H22Cl2N4/c1-3-21-18(23-11-9-15-6-4-5-10-22-15)24-13(2)16-8-7-14(19)12-17(16)20/h4-8,10,12-13H,3,9,11H2,1-2H3,(H2,21,23,24). The average Bonchev–Trinajstić information content (AvgIpc) is 2.55. The third kappa shape index (κ3) is 5.69. The summed E-state index contributed by atoms with van der Waals surface area (Å²) in [5.41, 5.74) is 2.02. The van der Waals surface area contributed by atoms with Crippen molar-refractivity contribution in [3.05, 3.63) is 63.9 Å². The van der Waals surface area contributed by atoms with Gasteiger partial charge in [-0.1, -0.05) is 35.3 Å². The Labute approximate surface area is 153 Å². The maximum absolute atomic E-state index is 6.28. The van der Waals surface area contributed by atoms with E-state index in [1.54, 1.807) is 12.3 Å². The van der Waals surface area contributed by atoms with E-state index in [1.165, 1.54) is 0 Å². The third-order valence-electron chi connectivity index (χ3n) is 3.49. The molecule has 0 saturated carbocycles. The van der Waals surface area contributed by atoms with Crippen molar-refractivity contribution in [2.24, 2.45) is 4.99 Å². The Hall–Kier alpha value is -1.78. The van der Waals surface area contributed by atoms with Crippen LogP contribution in [-0.2, 0) is 6.42 Å². The Balaban J connectivity index is 2.00. The molecule has 0 fully saturated rings. The fourth-order valence-corrected chi connectivity index (χ4v) is 2.86. The fraction of sp³-hybridized carbons (Fsp3) is 0.333. The summed E-state index contributed by atoms with van der Waals surface area (Å²) >= 11 is 12.2. The highest BCUT2D eigenvalue weighted by atomic mass is 35.5. The van der Waals surface area contributed by atoms with E-state index in [1.807, 2.05) is 44.2 Å². The molecule has 1 unspecified atom stereocenters. The van der Waals surface area contributed by atoms with Gasteiger partial charge in [0.25, 0.3) is 0 Å². The number of hydrogen-bond donors (Lipinski definition) is 2. The first-order valence-corrected chi connectivity index (χ1v) is 8.75. The molecule has 0 radical (unpaired) electrons. The van der Waals surface area contributed by atoms with Crippen LogP contribution < -0.4 is 10.6 Å². The predicted octanol–water partition coefficient (Wildman–Crippen LogP) is 4.25. The third-order valence-corrected chi connectivity index (χ3v) is 4.05. The summed E-state index contributed by atoms with van der Waals surface area (Å²) in [5, 5.41) is 7.90. The lowest BCUT2D eigenvalue weighted by Crippen LogP contribution is -2.39. The highest BCUT2D eigenvalue weighted by Gasteiger charge is 2.11. The van der Waals surface area contributed by atoms with Crippen molar-refractivity contribution < 1.29 is 0 Å². The van der Waals surface area contributed by atoms with E-state index in [9.17, 15) is 0 Å². The Bertz CT molecular complexity index is 674. The molecule has 24 heavy (non-hydrogen) atoms. The molecule has 0 aliphatic rings. The maximum atomic E-state index is 6.28. The van der Waals surface area contributed by atoms with Crippen LogP contribution in [0.2, 0.25) is 10.0 Å². The monoisotopic (exact) mass is 364 g/mol. The SMILES string of the molecule is CCNC(=NCCc1ccccn1)NC(C)c1ccc(Cl)cc1Cl. The van der Waals surface area contributed by atoms with E-state index in [2.05, 4.69) is 20.6 Å². The number of benzene rings is 1. The highest BCUT2D eigenvalue weighted by molar-refractivity contribution is 6.35. The molecule has 4 nitrogen and oxygen atoms in total. The normalized spacial score (nSPS) is 12.8. The zero-order chi connectivity index (χ0) is 17.4. The van der Waals surface area contributed by atoms with Gasteiger partial charge in [-0.3, -0.25) is 9.98 Å². The van der Waals surface area contributed by atoms with Crippen molar-refractivity contribution in [2.45, 2.75) is 26.3 Å². The molecule has 2 rings (SSSR count). The molecule has 128 valence electrons. The van der Waals surface area contributed by atoms with E-state index < -0.39 is 0 Å². The van der Waals surface area contributed by atoms with E-state index in [-0.39, 0.29) is 6.04 Å². The van der Waals surface area contributed by atoms with Gasteiger partial charge in [-0.25, -0.2) is 0 Å². The molecule has 1 atom stereocenters. The van der Waals surface area contributed by atoms with Crippen LogP contribution in [0.5, 0.6) is 0 Å². The minimum atomic E-state index is 0.0161. The van der Waals surface area contributed by atoms with Gasteiger partial charge >= 0.3 is 0 Å². The van der Waals surface area contributed by atoms with Gasteiger partial charge in [0, 0.05) is 41.4 Å². The number of aliphatic imine (C=N–C) groups is 1.